The first-order valence-corrected chi connectivity index (χ1v) is 18.9. The van der Waals surface area contributed by atoms with Crippen molar-refractivity contribution in [3.8, 4) is 16.8 Å². The second-order valence-electron chi connectivity index (χ2n) is 13.7. The average molecular weight is 693 g/mol. The van der Waals surface area contributed by atoms with Crippen LogP contribution in [0.3, 0.4) is 0 Å². The third-order valence-electron chi connectivity index (χ3n) is 10.8. The zero-order valence-corrected chi connectivity index (χ0v) is 29.6. The molecule has 0 amide bonds. The van der Waals surface area contributed by atoms with Crippen molar-refractivity contribution in [2.75, 3.05) is 4.90 Å². The smallest absolute Gasteiger partial charge is 0.0619 e. The Morgan fingerprint density at radius 3 is 1.89 bits per heavy atom. The highest BCUT2D eigenvalue weighted by atomic mass is 32.1. The van der Waals surface area contributed by atoms with Gasteiger partial charge < -0.3 is 9.47 Å². The molecule has 0 bridgehead atoms. The molecule has 2 nitrogen and oxygen atoms in total. The van der Waals surface area contributed by atoms with Gasteiger partial charge in [-0.15, -0.1) is 11.3 Å². The number of para-hydroxylation sites is 1. The van der Waals surface area contributed by atoms with Crippen LogP contribution in [-0.2, 0) is 0 Å². The van der Waals surface area contributed by atoms with Crippen LogP contribution >= 0.6 is 11.3 Å². The Labute approximate surface area is 311 Å². The molecule has 0 atom stereocenters. The molecule has 0 radical (unpaired) electrons. The molecule has 0 saturated heterocycles. The number of hydrogen-bond donors (Lipinski definition) is 0. The molecule has 53 heavy (non-hydrogen) atoms. The normalized spacial score (nSPS) is 11.8. The molecule has 0 fully saturated rings. The van der Waals surface area contributed by atoms with E-state index in [0.29, 0.717) is 0 Å². The second-order valence-corrected chi connectivity index (χ2v) is 14.8. The Hall–Kier alpha value is -6.68. The van der Waals surface area contributed by atoms with Gasteiger partial charge in [-0.1, -0.05) is 140 Å². The molecule has 3 heteroatoms. The molecule has 9 aromatic carbocycles. The zero-order chi connectivity index (χ0) is 34.9. The van der Waals surface area contributed by atoms with Gasteiger partial charge in [-0.25, -0.2) is 0 Å². The lowest BCUT2D eigenvalue weighted by atomic mass is 9.96. The first kappa shape index (κ1) is 30.0. The fraction of sp³-hybridized carbons (Fsp3) is 0. The maximum absolute atomic E-state index is 2.44. The average Bonchev–Trinajstić information content (AvgIpc) is 3.77. The summed E-state index contributed by atoms with van der Waals surface area (Å²) in [6, 6.07) is 71.0. The molecular formula is C50H32N2S. The molecule has 11 aromatic rings. The lowest BCUT2D eigenvalue weighted by Gasteiger charge is -2.28. The van der Waals surface area contributed by atoms with Gasteiger partial charge in [0, 0.05) is 58.8 Å². The van der Waals surface area contributed by atoms with Gasteiger partial charge in [-0.05, 0) is 76.5 Å². The molecule has 0 aliphatic rings. The maximum Gasteiger partial charge on any atom is 0.0619 e. The van der Waals surface area contributed by atoms with E-state index in [9.17, 15) is 0 Å². The summed E-state index contributed by atoms with van der Waals surface area (Å²) in [4.78, 5) is 2.44. The van der Waals surface area contributed by atoms with Gasteiger partial charge in [-0.3, -0.25) is 0 Å². The molecule has 0 spiro atoms. The van der Waals surface area contributed by atoms with Crippen molar-refractivity contribution in [3.05, 3.63) is 194 Å². The molecular weight excluding hydrogens is 661 g/mol. The summed E-state index contributed by atoms with van der Waals surface area (Å²) in [6.45, 7) is 0. The summed E-state index contributed by atoms with van der Waals surface area (Å²) in [5.41, 5.74) is 9.44. The third-order valence-corrected chi connectivity index (χ3v) is 11.9. The van der Waals surface area contributed by atoms with Crippen LogP contribution in [0, 0.1) is 0 Å². The minimum atomic E-state index is 1.11. The van der Waals surface area contributed by atoms with Crippen molar-refractivity contribution >= 4 is 91.9 Å². The molecule has 248 valence electrons. The molecule has 11 rings (SSSR count). The largest absolute Gasteiger partial charge is 0.310 e. The van der Waals surface area contributed by atoms with E-state index in [4.69, 9.17) is 0 Å². The Bertz CT molecular complexity index is 3170. The third kappa shape index (κ3) is 4.71. The van der Waals surface area contributed by atoms with E-state index in [-0.39, 0.29) is 0 Å². The van der Waals surface area contributed by atoms with E-state index in [1.165, 1.54) is 74.6 Å². The Morgan fingerprint density at radius 1 is 0.396 bits per heavy atom. The Balaban J connectivity index is 1.13. The van der Waals surface area contributed by atoms with Gasteiger partial charge in [0.25, 0.3) is 0 Å². The van der Waals surface area contributed by atoms with Crippen LogP contribution in [0.25, 0.3) is 80.3 Å². The number of fused-ring (bicyclic) bond motifs is 9. The van der Waals surface area contributed by atoms with Crippen molar-refractivity contribution < 1.29 is 0 Å². The number of aromatic nitrogens is 1. The van der Waals surface area contributed by atoms with E-state index in [1.54, 1.807) is 0 Å². The molecule has 0 unspecified atom stereocenters. The lowest BCUT2D eigenvalue weighted by molar-refractivity contribution is 1.18. The number of hydrogen-bond acceptors (Lipinski definition) is 2. The summed E-state index contributed by atoms with van der Waals surface area (Å²) in [5.74, 6) is 0. The van der Waals surface area contributed by atoms with Crippen molar-refractivity contribution in [2.45, 2.75) is 0 Å². The van der Waals surface area contributed by atoms with Crippen LogP contribution in [-0.4, -0.2) is 4.57 Å². The van der Waals surface area contributed by atoms with Crippen LogP contribution in [0.2, 0.25) is 0 Å². The predicted molar refractivity (Wildman–Crippen MR) is 229 cm³/mol. The summed E-state index contributed by atoms with van der Waals surface area (Å²) >= 11 is 1.86. The van der Waals surface area contributed by atoms with Gasteiger partial charge in [0.2, 0.25) is 0 Å². The monoisotopic (exact) mass is 692 g/mol. The highest BCUT2D eigenvalue weighted by molar-refractivity contribution is 7.25. The lowest BCUT2D eigenvalue weighted by Crippen LogP contribution is -2.11. The SMILES string of the molecule is c1ccc(-c2ccc(N(c3ccc(-n4c5ccccc5c5ccc6ccccc6c54)cc3)c3ccc4c(c3)sc3ccccc34)c3ccccc23)cc1. The summed E-state index contributed by atoms with van der Waals surface area (Å²) in [6.07, 6.45) is 0. The summed E-state index contributed by atoms with van der Waals surface area (Å²) < 4.78 is 5.04. The topological polar surface area (TPSA) is 8.17 Å². The first-order valence-electron chi connectivity index (χ1n) is 18.1. The van der Waals surface area contributed by atoms with E-state index in [0.717, 1.165) is 22.7 Å². The van der Waals surface area contributed by atoms with E-state index in [1.807, 2.05) is 11.3 Å². The maximum atomic E-state index is 2.44. The van der Waals surface area contributed by atoms with Crippen molar-refractivity contribution in [2.24, 2.45) is 0 Å². The van der Waals surface area contributed by atoms with E-state index >= 15 is 0 Å². The molecule has 2 heterocycles. The molecule has 0 aliphatic heterocycles. The minimum Gasteiger partial charge on any atom is -0.310 e. The van der Waals surface area contributed by atoms with E-state index < -0.39 is 0 Å². The van der Waals surface area contributed by atoms with Crippen LogP contribution in [0.15, 0.2) is 194 Å². The Kier molecular flexibility index (Phi) is 6.76. The Morgan fingerprint density at radius 2 is 1.04 bits per heavy atom. The first-order chi connectivity index (χ1) is 26.3. The fourth-order valence-electron chi connectivity index (χ4n) is 8.38. The van der Waals surface area contributed by atoms with E-state index in [2.05, 4.69) is 204 Å². The summed E-state index contributed by atoms with van der Waals surface area (Å²) in [7, 11) is 0. The van der Waals surface area contributed by atoms with Gasteiger partial charge >= 0.3 is 0 Å². The molecule has 0 aliphatic carbocycles. The second kappa shape index (κ2) is 11.9. The standard InChI is InChI=1S/C50H32N2S/c1-2-12-33(13-3-1)38-30-31-47(41-17-7-6-16-40(38)41)51(37-27-29-44-43-19-9-11-21-48(43)53-49(44)32-37)35-23-25-36(26-24-35)52-46-20-10-8-18-42(46)45-28-22-34-14-4-5-15-39(34)50(45)52/h1-32H. The highest BCUT2D eigenvalue weighted by Gasteiger charge is 2.20. The summed E-state index contributed by atoms with van der Waals surface area (Å²) in [5, 5.41) is 10.1. The van der Waals surface area contributed by atoms with Gasteiger partial charge in [0.1, 0.15) is 0 Å². The zero-order valence-electron chi connectivity index (χ0n) is 28.8. The number of rotatable bonds is 5. The van der Waals surface area contributed by atoms with Gasteiger partial charge in [0.15, 0.2) is 0 Å². The van der Waals surface area contributed by atoms with Crippen molar-refractivity contribution in [3.63, 3.8) is 0 Å². The molecule has 0 N–H and O–H groups in total. The molecule has 2 aromatic heterocycles. The quantitative estimate of drug-likeness (QED) is 0.174. The highest BCUT2D eigenvalue weighted by Crippen LogP contribution is 2.45. The van der Waals surface area contributed by atoms with Crippen molar-refractivity contribution in [1.82, 2.24) is 4.57 Å². The minimum absolute atomic E-state index is 1.11. The van der Waals surface area contributed by atoms with Crippen LogP contribution in [0.5, 0.6) is 0 Å². The van der Waals surface area contributed by atoms with Gasteiger partial charge in [-0.2, -0.15) is 0 Å². The van der Waals surface area contributed by atoms with Crippen LogP contribution < -0.4 is 4.90 Å². The number of thiophene rings is 1. The molecule has 0 saturated carbocycles. The predicted octanol–water partition coefficient (Wildman–Crippen LogP) is 14.6. The van der Waals surface area contributed by atoms with Crippen LogP contribution in [0.1, 0.15) is 0 Å². The van der Waals surface area contributed by atoms with Crippen LogP contribution in [0.4, 0.5) is 17.1 Å². The number of anilines is 3. The fourth-order valence-corrected chi connectivity index (χ4v) is 9.52. The van der Waals surface area contributed by atoms with Crippen molar-refractivity contribution in [1.29, 1.82) is 0 Å². The number of nitrogens with zero attached hydrogens (tertiary/aromatic N) is 2. The number of benzene rings is 9. The van der Waals surface area contributed by atoms with Gasteiger partial charge in [0.05, 0.1) is 16.7 Å².